The summed E-state index contributed by atoms with van der Waals surface area (Å²) in [7, 11) is 1.49. The zero-order valence-corrected chi connectivity index (χ0v) is 11.2. The second-order valence-electron chi connectivity index (χ2n) is 3.98. The first-order valence-electron chi connectivity index (χ1n) is 5.61. The van der Waals surface area contributed by atoms with E-state index in [9.17, 15) is 9.59 Å². The fourth-order valence-corrected chi connectivity index (χ4v) is 1.75. The van der Waals surface area contributed by atoms with E-state index < -0.39 is 18.0 Å². The molecule has 0 saturated carbocycles. The van der Waals surface area contributed by atoms with Crippen LogP contribution < -0.4 is 10.1 Å². The second-order valence-corrected chi connectivity index (χ2v) is 4.38. The first-order valence-corrected chi connectivity index (χ1v) is 5.99. The van der Waals surface area contributed by atoms with E-state index in [1.807, 2.05) is 0 Å². The van der Waals surface area contributed by atoms with Gasteiger partial charge in [0.2, 0.25) is 6.10 Å². The molecule has 1 amide bonds. The molecule has 0 bridgehead atoms. The lowest BCUT2D eigenvalue weighted by Crippen LogP contribution is -2.29. The molecule has 1 aromatic carbocycles. The van der Waals surface area contributed by atoms with Gasteiger partial charge in [-0.05, 0) is 12.1 Å². The van der Waals surface area contributed by atoms with Gasteiger partial charge in [0.25, 0.3) is 5.91 Å². The number of methoxy groups -OCH3 is 1. The molecule has 106 valence electrons. The van der Waals surface area contributed by atoms with Gasteiger partial charge in [-0.25, -0.2) is 4.79 Å². The lowest BCUT2D eigenvalue weighted by molar-refractivity contribution is -0.129. The van der Waals surface area contributed by atoms with Crippen LogP contribution in [0.1, 0.15) is 6.42 Å². The summed E-state index contributed by atoms with van der Waals surface area (Å²) < 4.78 is 5.02. The Morgan fingerprint density at radius 1 is 1.55 bits per heavy atom. The summed E-state index contributed by atoms with van der Waals surface area (Å²) in [5, 5.41) is 14.9. The number of halogens is 1. The normalized spacial score (nSPS) is 17.1. The second kappa shape index (κ2) is 5.79. The van der Waals surface area contributed by atoms with Crippen LogP contribution in [-0.2, 0) is 14.4 Å². The largest absolute Gasteiger partial charge is 0.497 e. The van der Waals surface area contributed by atoms with Crippen molar-refractivity contribution < 1.29 is 24.3 Å². The summed E-state index contributed by atoms with van der Waals surface area (Å²) in [6, 6.07) is 4.77. The number of ether oxygens (including phenoxy) is 1. The summed E-state index contributed by atoms with van der Waals surface area (Å²) >= 11 is 5.95. The Morgan fingerprint density at radius 3 is 2.90 bits per heavy atom. The smallest absolute Gasteiger partial charge is 0.353 e. The van der Waals surface area contributed by atoms with E-state index in [0.717, 1.165) is 0 Å². The van der Waals surface area contributed by atoms with E-state index in [-0.39, 0.29) is 12.1 Å². The molecule has 1 heterocycles. The Labute approximate surface area is 119 Å². The monoisotopic (exact) mass is 298 g/mol. The molecule has 0 fully saturated rings. The lowest BCUT2D eigenvalue weighted by Gasteiger charge is -2.11. The molecule has 2 rings (SSSR count). The highest BCUT2D eigenvalue weighted by Gasteiger charge is 2.31. The minimum Gasteiger partial charge on any atom is -0.497 e. The third-order valence-electron chi connectivity index (χ3n) is 2.64. The molecule has 20 heavy (non-hydrogen) atoms. The Kier molecular flexibility index (Phi) is 4.09. The lowest BCUT2D eigenvalue weighted by atomic mass is 10.1. The molecule has 0 radical (unpaired) electrons. The predicted octanol–water partition coefficient (Wildman–Crippen LogP) is 1.52. The summed E-state index contributed by atoms with van der Waals surface area (Å²) in [6.45, 7) is 0. The molecule has 0 aromatic heterocycles. The van der Waals surface area contributed by atoms with Gasteiger partial charge in [0.1, 0.15) is 5.75 Å². The molecule has 0 aliphatic carbocycles. The number of amides is 1. The molecule has 2 N–H and O–H groups in total. The average Bonchev–Trinajstić information content (AvgIpc) is 2.91. The van der Waals surface area contributed by atoms with Crippen molar-refractivity contribution in [3.63, 3.8) is 0 Å². The molecule has 1 unspecified atom stereocenters. The minimum absolute atomic E-state index is 0.0945. The number of oxime groups is 1. The maximum absolute atomic E-state index is 11.9. The van der Waals surface area contributed by atoms with E-state index >= 15 is 0 Å². The molecule has 1 aliphatic heterocycles. The minimum atomic E-state index is -1.21. The highest BCUT2D eigenvalue weighted by atomic mass is 35.5. The van der Waals surface area contributed by atoms with Gasteiger partial charge in [-0.3, -0.25) is 4.79 Å². The standard InChI is InChI=1S/C12H11ClN2O5/c1-19-6-2-3-7(13)8(4-6)14-11(16)10-5-9(12(17)18)15-20-10/h2-4,10H,5H2,1H3,(H,14,16)(H,17,18). The third-order valence-corrected chi connectivity index (χ3v) is 2.97. The SMILES string of the molecule is COc1ccc(Cl)c(NC(=O)C2CC(C(=O)O)=NO2)c1. The Morgan fingerprint density at radius 2 is 2.30 bits per heavy atom. The quantitative estimate of drug-likeness (QED) is 0.878. The highest BCUT2D eigenvalue weighted by molar-refractivity contribution is 6.36. The summed E-state index contributed by atoms with van der Waals surface area (Å²) in [4.78, 5) is 27.4. The van der Waals surface area contributed by atoms with Crippen LogP contribution in [0.3, 0.4) is 0 Å². The number of carboxylic acid groups (broad SMARTS) is 1. The molecule has 1 aromatic rings. The van der Waals surface area contributed by atoms with Crippen LogP contribution in [0.4, 0.5) is 5.69 Å². The van der Waals surface area contributed by atoms with E-state index in [2.05, 4.69) is 10.5 Å². The fraction of sp³-hybridized carbons (Fsp3) is 0.250. The molecule has 1 atom stereocenters. The predicted molar refractivity (Wildman–Crippen MR) is 71.2 cm³/mol. The van der Waals surface area contributed by atoms with Crippen LogP contribution in [0.15, 0.2) is 23.4 Å². The number of benzene rings is 1. The molecule has 0 saturated heterocycles. The number of nitrogens with one attached hydrogen (secondary N) is 1. The Balaban J connectivity index is 2.04. The van der Waals surface area contributed by atoms with Crippen molar-refractivity contribution in [2.24, 2.45) is 5.16 Å². The maximum atomic E-state index is 11.9. The van der Waals surface area contributed by atoms with Gasteiger partial charge in [0.15, 0.2) is 5.71 Å². The van der Waals surface area contributed by atoms with E-state index in [4.69, 9.17) is 26.3 Å². The first-order chi connectivity index (χ1) is 9.51. The van der Waals surface area contributed by atoms with Crippen LogP contribution in [0.2, 0.25) is 5.02 Å². The van der Waals surface area contributed by atoms with Crippen molar-refractivity contribution >= 4 is 34.9 Å². The van der Waals surface area contributed by atoms with Gasteiger partial charge < -0.3 is 20.0 Å². The number of hydrogen-bond acceptors (Lipinski definition) is 5. The van der Waals surface area contributed by atoms with Crippen molar-refractivity contribution in [3.8, 4) is 5.75 Å². The number of anilines is 1. The van der Waals surface area contributed by atoms with Crippen LogP contribution in [-0.4, -0.2) is 35.9 Å². The van der Waals surface area contributed by atoms with Gasteiger partial charge in [0, 0.05) is 12.5 Å². The van der Waals surface area contributed by atoms with Gasteiger partial charge in [-0.2, -0.15) is 0 Å². The number of nitrogens with zero attached hydrogens (tertiary/aromatic N) is 1. The summed E-state index contributed by atoms with van der Waals surface area (Å²) in [5.41, 5.74) is 0.158. The Hall–Kier alpha value is -2.28. The van der Waals surface area contributed by atoms with Crippen molar-refractivity contribution in [2.75, 3.05) is 12.4 Å². The van der Waals surface area contributed by atoms with Gasteiger partial charge in [-0.1, -0.05) is 16.8 Å². The van der Waals surface area contributed by atoms with Gasteiger partial charge >= 0.3 is 5.97 Å². The zero-order chi connectivity index (χ0) is 14.7. The average molecular weight is 299 g/mol. The number of aliphatic carboxylic acids is 1. The Bertz CT molecular complexity index is 587. The highest BCUT2D eigenvalue weighted by Crippen LogP contribution is 2.27. The number of rotatable bonds is 4. The van der Waals surface area contributed by atoms with Crippen LogP contribution in [0.25, 0.3) is 0 Å². The zero-order valence-electron chi connectivity index (χ0n) is 10.4. The number of carboxylic acids is 1. The molecular weight excluding hydrogens is 288 g/mol. The van der Waals surface area contributed by atoms with E-state index in [1.165, 1.54) is 7.11 Å². The fourth-order valence-electron chi connectivity index (χ4n) is 1.58. The van der Waals surface area contributed by atoms with E-state index in [1.54, 1.807) is 18.2 Å². The molecule has 1 aliphatic rings. The summed E-state index contributed by atoms with van der Waals surface area (Å²) in [6.07, 6.45) is -1.08. The summed E-state index contributed by atoms with van der Waals surface area (Å²) in [5.74, 6) is -1.21. The number of hydrogen-bond donors (Lipinski definition) is 2. The molecule has 0 spiro atoms. The van der Waals surface area contributed by atoms with Crippen molar-refractivity contribution in [1.29, 1.82) is 0 Å². The van der Waals surface area contributed by atoms with E-state index in [0.29, 0.717) is 16.5 Å². The first kappa shape index (κ1) is 14.1. The number of carbonyl (C=O) groups is 2. The van der Waals surface area contributed by atoms with Gasteiger partial charge in [-0.15, -0.1) is 0 Å². The third kappa shape index (κ3) is 3.00. The van der Waals surface area contributed by atoms with Crippen molar-refractivity contribution in [2.45, 2.75) is 12.5 Å². The number of carbonyl (C=O) groups excluding carboxylic acids is 1. The maximum Gasteiger partial charge on any atom is 0.353 e. The van der Waals surface area contributed by atoms with Crippen molar-refractivity contribution in [1.82, 2.24) is 0 Å². The molecule has 8 heteroatoms. The van der Waals surface area contributed by atoms with Crippen LogP contribution in [0, 0.1) is 0 Å². The van der Waals surface area contributed by atoms with Crippen LogP contribution >= 0.6 is 11.6 Å². The topological polar surface area (TPSA) is 97.2 Å². The van der Waals surface area contributed by atoms with Gasteiger partial charge in [0.05, 0.1) is 17.8 Å². The van der Waals surface area contributed by atoms with Crippen molar-refractivity contribution in [3.05, 3.63) is 23.2 Å². The molecule has 7 nitrogen and oxygen atoms in total. The molecular formula is C12H11ClN2O5. The van der Waals surface area contributed by atoms with Crippen LogP contribution in [0.5, 0.6) is 5.75 Å².